The van der Waals surface area contributed by atoms with E-state index < -0.39 is 97.5 Å². The van der Waals surface area contributed by atoms with Crippen LogP contribution in [0.1, 0.15) is 434 Å². The Labute approximate surface area is 626 Å². The monoisotopic (exact) mass is 1490 g/mol. The van der Waals surface area contributed by atoms with Crippen LogP contribution in [0.25, 0.3) is 0 Å². The Morgan fingerprint density at radius 3 is 0.745 bits per heavy atom. The van der Waals surface area contributed by atoms with Gasteiger partial charge in [0.05, 0.1) is 26.4 Å². The number of phosphoric ester groups is 2. The topological polar surface area (TPSA) is 237 Å². The SMILES string of the molecule is CCCCCCCCCCCCCCC(=O)OC[C@H](COP(=O)(O)OC[C@H](O)COP(=O)(O)OC[C@@H](COC(=O)CCCCCCCCCCCCCCCCC(C)C)OC(=O)CCCCCCCCCCCCCCCCC(C)CC)OC(=O)CCCCCCCCCCCCCCC(C)C. The Morgan fingerprint density at radius 1 is 0.284 bits per heavy atom. The van der Waals surface area contributed by atoms with Crippen LogP contribution in [-0.4, -0.2) is 96.7 Å². The molecule has 6 atom stereocenters. The maximum atomic E-state index is 13.1. The van der Waals surface area contributed by atoms with Gasteiger partial charge in [0.2, 0.25) is 0 Å². The first kappa shape index (κ1) is 100. The van der Waals surface area contributed by atoms with Crippen molar-refractivity contribution in [1.29, 1.82) is 0 Å². The fraction of sp³-hybridized carbons (Fsp3) is 0.952. The highest BCUT2D eigenvalue weighted by Crippen LogP contribution is 2.45. The summed E-state index contributed by atoms with van der Waals surface area (Å²) >= 11 is 0. The summed E-state index contributed by atoms with van der Waals surface area (Å²) in [5, 5.41) is 10.7. The van der Waals surface area contributed by atoms with Gasteiger partial charge >= 0.3 is 39.5 Å². The fourth-order valence-corrected chi connectivity index (χ4v) is 14.4. The van der Waals surface area contributed by atoms with E-state index >= 15 is 0 Å². The number of aliphatic hydroxyl groups is 1. The highest BCUT2D eigenvalue weighted by Gasteiger charge is 2.30. The molecule has 3 unspecified atom stereocenters. The van der Waals surface area contributed by atoms with E-state index in [1.54, 1.807) is 0 Å². The first-order valence-electron chi connectivity index (χ1n) is 42.9. The Bertz CT molecular complexity index is 1980. The maximum absolute atomic E-state index is 13.1. The van der Waals surface area contributed by atoms with Crippen molar-refractivity contribution in [1.82, 2.24) is 0 Å². The lowest BCUT2D eigenvalue weighted by Gasteiger charge is -2.21. The third kappa shape index (κ3) is 74.9. The van der Waals surface area contributed by atoms with Crippen molar-refractivity contribution in [2.24, 2.45) is 17.8 Å². The molecule has 17 nitrogen and oxygen atoms in total. The van der Waals surface area contributed by atoms with Crippen LogP contribution in [0.4, 0.5) is 0 Å². The molecule has 0 aromatic heterocycles. The number of rotatable bonds is 81. The summed E-state index contributed by atoms with van der Waals surface area (Å²) in [6.45, 7) is 12.0. The van der Waals surface area contributed by atoms with Crippen LogP contribution in [0.15, 0.2) is 0 Å². The lowest BCUT2D eigenvalue weighted by atomic mass is 9.99. The summed E-state index contributed by atoms with van der Waals surface area (Å²) in [6, 6.07) is 0. The second-order valence-corrected chi connectivity index (χ2v) is 34.0. The van der Waals surface area contributed by atoms with Crippen molar-refractivity contribution in [3.63, 3.8) is 0 Å². The second-order valence-electron chi connectivity index (χ2n) is 31.1. The van der Waals surface area contributed by atoms with Crippen LogP contribution in [-0.2, 0) is 65.4 Å². The summed E-state index contributed by atoms with van der Waals surface area (Å²) in [7, 11) is -9.93. The van der Waals surface area contributed by atoms with Gasteiger partial charge in [-0.05, 0) is 43.4 Å². The van der Waals surface area contributed by atoms with Crippen molar-refractivity contribution in [3.8, 4) is 0 Å². The minimum absolute atomic E-state index is 0.107. The van der Waals surface area contributed by atoms with Gasteiger partial charge in [-0.25, -0.2) is 9.13 Å². The van der Waals surface area contributed by atoms with E-state index in [1.807, 2.05) is 0 Å². The number of phosphoric acid groups is 2. The summed E-state index contributed by atoms with van der Waals surface area (Å²) in [5.74, 6) is 0.316. The average Bonchev–Trinajstić information content (AvgIpc) is 0.955. The number of hydrogen-bond donors (Lipinski definition) is 3. The maximum Gasteiger partial charge on any atom is 0.472 e. The number of unbranched alkanes of at least 4 members (excludes halogenated alkanes) is 48. The predicted molar refractivity (Wildman–Crippen MR) is 418 cm³/mol. The molecule has 0 aromatic carbocycles. The molecular formula is C83H162O17P2. The van der Waals surface area contributed by atoms with Crippen molar-refractivity contribution in [2.45, 2.75) is 452 Å². The van der Waals surface area contributed by atoms with Gasteiger partial charge in [0.15, 0.2) is 12.2 Å². The van der Waals surface area contributed by atoms with E-state index in [1.165, 1.54) is 244 Å². The molecule has 102 heavy (non-hydrogen) atoms. The van der Waals surface area contributed by atoms with E-state index in [0.717, 1.165) is 108 Å². The van der Waals surface area contributed by atoms with Crippen LogP contribution in [0, 0.1) is 17.8 Å². The van der Waals surface area contributed by atoms with Gasteiger partial charge in [-0.2, -0.15) is 0 Å². The van der Waals surface area contributed by atoms with E-state index in [2.05, 4.69) is 48.5 Å². The van der Waals surface area contributed by atoms with Crippen LogP contribution in [0.2, 0.25) is 0 Å². The van der Waals surface area contributed by atoms with Crippen LogP contribution < -0.4 is 0 Å². The Hall–Kier alpha value is -1.94. The molecule has 0 rings (SSSR count). The van der Waals surface area contributed by atoms with Gasteiger partial charge in [-0.15, -0.1) is 0 Å². The lowest BCUT2D eigenvalue weighted by Crippen LogP contribution is -2.30. The molecule has 0 fully saturated rings. The molecule has 0 radical (unpaired) electrons. The molecule has 0 saturated carbocycles. The van der Waals surface area contributed by atoms with Crippen molar-refractivity contribution >= 4 is 39.5 Å². The average molecular weight is 1490 g/mol. The molecule has 0 heterocycles. The van der Waals surface area contributed by atoms with Crippen LogP contribution in [0.3, 0.4) is 0 Å². The van der Waals surface area contributed by atoms with Gasteiger partial charge in [0.1, 0.15) is 19.3 Å². The van der Waals surface area contributed by atoms with Gasteiger partial charge in [0.25, 0.3) is 0 Å². The zero-order valence-electron chi connectivity index (χ0n) is 67.1. The first-order valence-corrected chi connectivity index (χ1v) is 45.9. The number of ether oxygens (including phenoxy) is 4. The molecule has 0 saturated heterocycles. The first-order chi connectivity index (χ1) is 49.3. The third-order valence-corrected chi connectivity index (χ3v) is 21.6. The molecule has 0 amide bonds. The molecule has 0 aliphatic carbocycles. The van der Waals surface area contributed by atoms with Crippen molar-refractivity contribution < 1.29 is 80.2 Å². The molecule has 0 aliphatic heterocycles. The van der Waals surface area contributed by atoms with E-state index in [0.29, 0.717) is 25.7 Å². The zero-order chi connectivity index (χ0) is 75.1. The van der Waals surface area contributed by atoms with Gasteiger partial charge in [0, 0.05) is 25.7 Å². The quantitative estimate of drug-likeness (QED) is 0.0222. The third-order valence-electron chi connectivity index (χ3n) is 19.7. The van der Waals surface area contributed by atoms with Gasteiger partial charge in [-0.1, -0.05) is 382 Å². The van der Waals surface area contributed by atoms with Gasteiger partial charge in [-0.3, -0.25) is 37.3 Å². The highest BCUT2D eigenvalue weighted by molar-refractivity contribution is 7.47. The van der Waals surface area contributed by atoms with E-state index in [9.17, 15) is 43.2 Å². The molecule has 0 aromatic rings. The Kier molecular flexibility index (Phi) is 71.8. The molecule has 0 bridgehead atoms. The predicted octanol–water partition coefficient (Wildman–Crippen LogP) is 24.9. The van der Waals surface area contributed by atoms with E-state index in [4.69, 9.17) is 37.0 Å². The summed E-state index contributed by atoms with van der Waals surface area (Å²) in [4.78, 5) is 73.2. The van der Waals surface area contributed by atoms with Crippen LogP contribution >= 0.6 is 15.6 Å². The van der Waals surface area contributed by atoms with Crippen molar-refractivity contribution in [3.05, 3.63) is 0 Å². The number of carbonyl (C=O) groups excluding carboxylic acids is 4. The summed E-state index contributed by atoms with van der Waals surface area (Å²) < 4.78 is 68.8. The van der Waals surface area contributed by atoms with E-state index in [-0.39, 0.29) is 25.7 Å². The second kappa shape index (κ2) is 73.2. The Balaban J connectivity index is 5.27. The molecule has 606 valence electrons. The standard InChI is InChI=1S/C83H162O17P2/c1-8-10-11-12-13-14-15-29-36-43-50-57-64-80(85)93-70-78(100-83(88)67-60-53-46-39-32-25-24-27-34-41-48-55-62-75(5)6)72-97-101(89,90)95-68-77(84)69-96-102(91,92)98-73-79(71-94-81(86)65-58-51-44-37-30-22-18-16-20-26-33-40-47-54-61-74(3)4)99-82(87)66-59-52-45-38-31-23-19-17-21-28-35-42-49-56-63-76(7)9-2/h74-79,84H,8-73H2,1-7H3,(H,89,90)(H,91,92)/t76?,77-,78+,79+/m0/s1. The molecule has 3 N–H and O–H groups in total. The number of hydrogen-bond acceptors (Lipinski definition) is 15. The summed E-state index contributed by atoms with van der Waals surface area (Å²) in [5.41, 5.74) is 0. The number of aliphatic hydroxyl groups excluding tert-OH is 1. The number of esters is 4. The molecule has 0 aliphatic rings. The van der Waals surface area contributed by atoms with Crippen LogP contribution in [0.5, 0.6) is 0 Å². The minimum Gasteiger partial charge on any atom is -0.462 e. The minimum atomic E-state index is -4.96. The Morgan fingerprint density at radius 2 is 0.500 bits per heavy atom. The largest absolute Gasteiger partial charge is 0.472 e. The smallest absolute Gasteiger partial charge is 0.462 e. The van der Waals surface area contributed by atoms with Crippen molar-refractivity contribution in [2.75, 3.05) is 39.6 Å². The normalized spacial score (nSPS) is 14.2. The highest BCUT2D eigenvalue weighted by atomic mass is 31.2. The summed E-state index contributed by atoms with van der Waals surface area (Å²) in [6.07, 6.45) is 62.2. The number of carbonyl (C=O) groups is 4. The lowest BCUT2D eigenvalue weighted by molar-refractivity contribution is -0.161. The molecular weight excluding hydrogens is 1330 g/mol. The fourth-order valence-electron chi connectivity index (χ4n) is 12.8. The molecule has 19 heteroatoms. The molecule has 0 spiro atoms. The zero-order valence-corrected chi connectivity index (χ0v) is 68.9. The van der Waals surface area contributed by atoms with Gasteiger partial charge < -0.3 is 33.8 Å².